The Morgan fingerprint density at radius 2 is 1.92 bits per heavy atom. The SMILES string of the molecule is Cc1ccc(/C=C/C(=O)OCC(=O)N[C@@H]2CCC[C@H](C)[C@@H]2C)cc1. The van der Waals surface area contributed by atoms with Crippen molar-refractivity contribution in [3.63, 3.8) is 0 Å². The second-order valence-corrected chi connectivity index (χ2v) is 6.79. The van der Waals surface area contributed by atoms with Crippen molar-refractivity contribution in [1.29, 1.82) is 0 Å². The number of esters is 1. The number of aryl methyl sites for hydroxylation is 1. The Balaban J connectivity index is 1.74. The van der Waals surface area contributed by atoms with Gasteiger partial charge in [0.1, 0.15) is 0 Å². The van der Waals surface area contributed by atoms with Gasteiger partial charge in [-0.05, 0) is 36.8 Å². The molecule has 0 saturated heterocycles. The molecule has 0 aromatic heterocycles. The molecular formula is C20H27NO3. The quantitative estimate of drug-likeness (QED) is 0.664. The van der Waals surface area contributed by atoms with Crippen molar-refractivity contribution in [2.45, 2.75) is 46.1 Å². The minimum absolute atomic E-state index is 0.183. The van der Waals surface area contributed by atoms with Gasteiger partial charge in [0.05, 0.1) is 0 Å². The standard InChI is InChI=1S/C20H27NO3/c1-14-7-9-17(10-8-14)11-12-20(23)24-13-19(22)21-18-6-4-5-15(2)16(18)3/h7-12,15-16,18H,4-6,13H2,1-3H3,(H,21,22)/b12-11+/t15-,16-,18+/m0/s1. The molecule has 4 heteroatoms. The highest BCUT2D eigenvalue weighted by atomic mass is 16.5. The van der Waals surface area contributed by atoms with E-state index in [-0.39, 0.29) is 18.6 Å². The maximum atomic E-state index is 12.0. The molecule has 2 rings (SSSR count). The summed E-state index contributed by atoms with van der Waals surface area (Å²) in [5.74, 6) is 0.345. The first-order chi connectivity index (χ1) is 11.5. The second-order valence-electron chi connectivity index (χ2n) is 6.79. The van der Waals surface area contributed by atoms with E-state index in [1.807, 2.05) is 31.2 Å². The van der Waals surface area contributed by atoms with Crippen molar-refractivity contribution >= 4 is 18.0 Å². The average Bonchev–Trinajstić information content (AvgIpc) is 2.56. The van der Waals surface area contributed by atoms with Crippen LogP contribution in [-0.4, -0.2) is 24.5 Å². The summed E-state index contributed by atoms with van der Waals surface area (Å²) in [6.45, 7) is 6.17. The number of rotatable bonds is 5. The molecule has 1 aliphatic rings. The van der Waals surface area contributed by atoms with Crippen LogP contribution in [0.25, 0.3) is 6.08 Å². The van der Waals surface area contributed by atoms with E-state index < -0.39 is 5.97 Å². The molecule has 130 valence electrons. The number of ether oxygens (including phenoxy) is 1. The number of benzene rings is 1. The number of hydrogen-bond donors (Lipinski definition) is 1. The molecule has 0 heterocycles. The third-order valence-corrected chi connectivity index (χ3v) is 4.89. The molecular weight excluding hydrogens is 302 g/mol. The lowest BCUT2D eigenvalue weighted by molar-refractivity contribution is -0.144. The zero-order valence-electron chi connectivity index (χ0n) is 14.7. The number of carbonyl (C=O) groups excluding carboxylic acids is 2. The van der Waals surface area contributed by atoms with Crippen LogP contribution in [0.15, 0.2) is 30.3 Å². The largest absolute Gasteiger partial charge is 0.452 e. The number of nitrogens with one attached hydrogen (secondary N) is 1. The van der Waals surface area contributed by atoms with Crippen LogP contribution < -0.4 is 5.32 Å². The number of hydrogen-bond acceptors (Lipinski definition) is 3. The Hall–Kier alpha value is -2.10. The molecule has 1 N–H and O–H groups in total. The maximum absolute atomic E-state index is 12.0. The first-order valence-electron chi connectivity index (χ1n) is 8.66. The van der Waals surface area contributed by atoms with Gasteiger partial charge in [0, 0.05) is 12.1 Å². The molecule has 24 heavy (non-hydrogen) atoms. The van der Waals surface area contributed by atoms with Gasteiger partial charge in [-0.15, -0.1) is 0 Å². The maximum Gasteiger partial charge on any atom is 0.331 e. The molecule has 0 aliphatic heterocycles. The lowest BCUT2D eigenvalue weighted by atomic mass is 9.78. The van der Waals surface area contributed by atoms with Crippen molar-refractivity contribution < 1.29 is 14.3 Å². The van der Waals surface area contributed by atoms with E-state index in [1.54, 1.807) is 6.08 Å². The normalized spacial score (nSPS) is 23.9. The molecule has 1 aliphatic carbocycles. The van der Waals surface area contributed by atoms with E-state index in [9.17, 15) is 9.59 Å². The highest BCUT2D eigenvalue weighted by Gasteiger charge is 2.28. The lowest BCUT2D eigenvalue weighted by Gasteiger charge is -2.34. The van der Waals surface area contributed by atoms with Gasteiger partial charge >= 0.3 is 5.97 Å². The van der Waals surface area contributed by atoms with E-state index in [0.29, 0.717) is 11.8 Å². The van der Waals surface area contributed by atoms with E-state index in [2.05, 4.69) is 19.2 Å². The average molecular weight is 329 g/mol. The zero-order chi connectivity index (χ0) is 17.5. The van der Waals surface area contributed by atoms with E-state index >= 15 is 0 Å². The molecule has 1 aromatic rings. The van der Waals surface area contributed by atoms with Crippen LogP contribution in [0.3, 0.4) is 0 Å². The van der Waals surface area contributed by atoms with Gasteiger partial charge < -0.3 is 10.1 Å². The zero-order valence-corrected chi connectivity index (χ0v) is 14.7. The smallest absolute Gasteiger partial charge is 0.331 e. The summed E-state index contributed by atoms with van der Waals surface area (Å²) in [4.78, 5) is 23.7. The molecule has 0 radical (unpaired) electrons. The van der Waals surface area contributed by atoms with Gasteiger partial charge in [-0.25, -0.2) is 4.79 Å². The van der Waals surface area contributed by atoms with Crippen LogP contribution >= 0.6 is 0 Å². The van der Waals surface area contributed by atoms with Crippen LogP contribution in [0.5, 0.6) is 0 Å². The van der Waals surface area contributed by atoms with Crippen LogP contribution in [0.1, 0.15) is 44.2 Å². The highest BCUT2D eigenvalue weighted by Crippen LogP contribution is 2.29. The fourth-order valence-electron chi connectivity index (χ4n) is 3.06. The second kappa shape index (κ2) is 8.67. The number of carbonyl (C=O) groups is 2. The topological polar surface area (TPSA) is 55.4 Å². The first-order valence-corrected chi connectivity index (χ1v) is 8.66. The summed E-state index contributed by atoms with van der Waals surface area (Å²) in [6.07, 6.45) is 6.38. The van der Waals surface area contributed by atoms with E-state index in [1.165, 1.54) is 12.5 Å². The Kier molecular flexibility index (Phi) is 6.59. The monoisotopic (exact) mass is 329 g/mol. The minimum atomic E-state index is -0.504. The third-order valence-electron chi connectivity index (χ3n) is 4.89. The van der Waals surface area contributed by atoms with Gasteiger partial charge in [-0.3, -0.25) is 4.79 Å². The summed E-state index contributed by atoms with van der Waals surface area (Å²) in [7, 11) is 0. The van der Waals surface area contributed by atoms with Crippen molar-refractivity contribution in [1.82, 2.24) is 5.32 Å². The molecule has 3 atom stereocenters. The molecule has 1 aromatic carbocycles. The van der Waals surface area contributed by atoms with Crippen LogP contribution in [0.4, 0.5) is 0 Å². The van der Waals surface area contributed by atoms with Crippen LogP contribution in [0.2, 0.25) is 0 Å². The molecule has 1 saturated carbocycles. The highest BCUT2D eigenvalue weighted by molar-refractivity contribution is 5.89. The van der Waals surface area contributed by atoms with E-state index in [4.69, 9.17) is 4.74 Å². The summed E-state index contributed by atoms with van der Waals surface area (Å²) >= 11 is 0. The predicted molar refractivity (Wildman–Crippen MR) is 95.3 cm³/mol. The van der Waals surface area contributed by atoms with Crippen molar-refractivity contribution in [3.8, 4) is 0 Å². The van der Waals surface area contributed by atoms with Crippen LogP contribution in [0, 0.1) is 18.8 Å². The Labute approximate surface area is 144 Å². The van der Waals surface area contributed by atoms with Gasteiger partial charge in [-0.2, -0.15) is 0 Å². The van der Waals surface area contributed by atoms with E-state index in [0.717, 1.165) is 24.0 Å². The van der Waals surface area contributed by atoms with Crippen LogP contribution in [-0.2, 0) is 14.3 Å². The Bertz CT molecular complexity index is 591. The summed E-state index contributed by atoms with van der Waals surface area (Å²) in [5.41, 5.74) is 2.09. The third kappa shape index (κ3) is 5.52. The molecule has 1 amide bonds. The Morgan fingerprint density at radius 1 is 1.21 bits per heavy atom. The lowest BCUT2D eigenvalue weighted by Crippen LogP contribution is -2.45. The van der Waals surface area contributed by atoms with Crippen molar-refractivity contribution in [3.05, 3.63) is 41.5 Å². The molecule has 0 spiro atoms. The van der Waals surface area contributed by atoms with Gasteiger partial charge in [0.15, 0.2) is 6.61 Å². The summed E-state index contributed by atoms with van der Waals surface area (Å²) in [6, 6.07) is 7.99. The first kappa shape index (κ1) is 18.2. The number of amides is 1. The fraction of sp³-hybridized carbons (Fsp3) is 0.500. The summed E-state index contributed by atoms with van der Waals surface area (Å²) in [5, 5.41) is 2.99. The van der Waals surface area contributed by atoms with Crippen molar-refractivity contribution in [2.24, 2.45) is 11.8 Å². The van der Waals surface area contributed by atoms with Gasteiger partial charge in [0.25, 0.3) is 5.91 Å². The Morgan fingerprint density at radius 3 is 2.62 bits per heavy atom. The fourth-order valence-corrected chi connectivity index (χ4v) is 3.06. The molecule has 0 unspecified atom stereocenters. The van der Waals surface area contributed by atoms with Gasteiger partial charge in [-0.1, -0.05) is 56.5 Å². The van der Waals surface area contributed by atoms with Gasteiger partial charge in [0.2, 0.25) is 0 Å². The van der Waals surface area contributed by atoms with Crippen molar-refractivity contribution in [2.75, 3.05) is 6.61 Å². The molecule has 4 nitrogen and oxygen atoms in total. The predicted octanol–water partition coefficient (Wildman–Crippen LogP) is 3.49. The minimum Gasteiger partial charge on any atom is -0.452 e. The summed E-state index contributed by atoms with van der Waals surface area (Å²) < 4.78 is 5.02. The molecule has 1 fully saturated rings. The molecule has 0 bridgehead atoms.